The highest BCUT2D eigenvalue weighted by Crippen LogP contribution is 2.41. The van der Waals surface area contributed by atoms with E-state index in [9.17, 15) is 0 Å². The highest BCUT2D eigenvalue weighted by atomic mass is 16.5. The molecule has 2 aliphatic carbocycles. The topological polar surface area (TPSA) is 27.7 Å². The highest BCUT2D eigenvalue weighted by Gasteiger charge is 2.41. The van der Waals surface area contributed by atoms with Gasteiger partial charge in [-0.25, -0.2) is 0 Å². The maximum Gasteiger partial charge on any atom is 0.0575 e. The maximum atomic E-state index is 6.44. The second kappa shape index (κ2) is 9.89. The van der Waals surface area contributed by atoms with Crippen LogP contribution in [-0.2, 0) is 14.2 Å². The molecule has 2 aliphatic rings. The second-order valence-corrected chi connectivity index (χ2v) is 7.49. The van der Waals surface area contributed by atoms with E-state index in [4.69, 9.17) is 14.2 Å². The van der Waals surface area contributed by atoms with Crippen molar-refractivity contribution in [3.8, 4) is 0 Å². The van der Waals surface area contributed by atoms with E-state index in [0.717, 1.165) is 19.8 Å². The third-order valence-corrected chi connectivity index (χ3v) is 5.74. The van der Waals surface area contributed by atoms with Crippen LogP contribution in [0.1, 0.15) is 70.6 Å². The quantitative estimate of drug-likeness (QED) is 0.656. The lowest BCUT2D eigenvalue weighted by molar-refractivity contribution is -0.104. The van der Waals surface area contributed by atoms with Crippen LogP contribution in [0.3, 0.4) is 0 Å². The molecule has 130 valence electrons. The van der Waals surface area contributed by atoms with E-state index in [2.05, 4.69) is 0 Å². The van der Waals surface area contributed by atoms with Gasteiger partial charge < -0.3 is 14.2 Å². The molecule has 3 nitrogen and oxygen atoms in total. The number of hydrogen-bond acceptors (Lipinski definition) is 3. The summed E-state index contributed by atoms with van der Waals surface area (Å²) in [6, 6.07) is 0. The third kappa shape index (κ3) is 5.21. The minimum atomic E-state index is 0.0579. The first-order valence-electron chi connectivity index (χ1n) is 9.40. The Kier molecular flexibility index (Phi) is 8.19. The standard InChI is InChI=1S/C19H36O3/c1-20-14-19(15-21-2,17-10-8-9-11-17)16-22-18-12-6-4-3-5-7-13-18/h17-18H,3-16H2,1-2H3. The molecule has 0 aromatic rings. The van der Waals surface area contributed by atoms with Gasteiger partial charge in [-0.1, -0.05) is 44.9 Å². The Morgan fingerprint density at radius 1 is 0.682 bits per heavy atom. The second-order valence-electron chi connectivity index (χ2n) is 7.49. The summed E-state index contributed by atoms with van der Waals surface area (Å²) in [5.41, 5.74) is 0.0579. The molecule has 22 heavy (non-hydrogen) atoms. The van der Waals surface area contributed by atoms with Gasteiger partial charge in [0.25, 0.3) is 0 Å². The predicted molar refractivity (Wildman–Crippen MR) is 90.2 cm³/mol. The fourth-order valence-corrected chi connectivity index (χ4v) is 4.46. The van der Waals surface area contributed by atoms with Gasteiger partial charge in [-0.15, -0.1) is 0 Å². The van der Waals surface area contributed by atoms with E-state index in [1.165, 1.54) is 70.6 Å². The molecule has 0 amide bonds. The van der Waals surface area contributed by atoms with Crippen molar-refractivity contribution in [1.29, 1.82) is 0 Å². The first-order chi connectivity index (χ1) is 10.8. The van der Waals surface area contributed by atoms with Crippen molar-refractivity contribution in [3.63, 3.8) is 0 Å². The van der Waals surface area contributed by atoms with E-state index in [-0.39, 0.29) is 5.41 Å². The Hall–Kier alpha value is -0.120. The molecule has 0 atom stereocenters. The van der Waals surface area contributed by atoms with Crippen LogP contribution in [0.15, 0.2) is 0 Å². The van der Waals surface area contributed by atoms with Crippen LogP contribution in [0.5, 0.6) is 0 Å². The molecule has 0 saturated heterocycles. The lowest BCUT2D eigenvalue weighted by atomic mass is 9.76. The number of ether oxygens (including phenoxy) is 3. The van der Waals surface area contributed by atoms with E-state index in [0.29, 0.717) is 12.0 Å². The van der Waals surface area contributed by atoms with E-state index in [1.807, 2.05) is 14.2 Å². The first-order valence-corrected chi connectivity index (χ1v) is 9.40. The SMILES string of the molecule is COCC(COC)(COC1CCCCCCC1)C1CCCC1. The van der Waals surface area contributed by atoms with Crippen molar-refractivity contribution >= 4 is 0 Å². The molecule has 0 N–H and O–H groups in total. The van der Waals surface area contributed by atoms with Crippen LogP contribution in [0.4, 0.5) is 0 Å². The molecule has 0 aliphatic heterocycles. The van der Waals surface area contributed by atoms with Crippen molar-refractivity contribution in [3.05, 3.63) is 0 Å². The van der Waals surface area contributed by atoms with Crippen molar-refractivity contribution in [2.24, 2.45) is 11.3 Å². The smallest absolute Gasteiger partial charge is 0.0575 e. The van der Waals surface area contributed by atoms with Crippen molar-refractivity contribution in [1.82, 2.24) is 0 Å². The van der Waals surface area contributed by atoms with Crippen molar-refractivity contribution in [2.45, 2.75) is 76.7 Å². The molecule has 0 spiro atoms. The van der Waals surface area contributed by atoms with Crippen LogP contribution >= 0.6 is 0 Å². The predicted octanol–water partition coefficient (Wildman–Crippen LogP) is 4.59. The zero-order valence-electron chi connectivity index (χ0n) is 14.8. The van der Waals surface area contributed by atoms with Crippen LogP contribution < -0.4 is 0 Å². The van der Waals surface area contributed by atoms with Gasteiger partial charge in [-0.2, -0.15) is 0 Å². The first kappa shape index (κ1) is 18.2. The summed E-state index contributed by atoms with van der Waals surface area (Å²) in [5, 5.41) is 0. The zero-order chi connectivity index (χ0) is 15.7. The Morgan fingerprint density at radius 3 is 1.73 bits per heavy atom. The van der Waals surface area contributed by atoms with Gasteiger partial charge in [-0.3, -0.25) is 0 Å². The van der Waals surface area contributed by atoms with Gasteiger partial charge in [0.15, 0.2) is 0 Å². The molecule has 2 fully saturated rings. The molecule has 0 unspecified atom stereocenters. The van der Waals surface area contributed by atoms with Crippen LogP contribution in [0, 0.1) is 11.3 Å². The largest absolute Gasteiger partial charge is 0.384 e. The average Bonchev–Trinajstić information content (AvgIpc) is 3.01. The monoisotopic (exact) mass is 312 g/mol. The average molecular weight is 312 g/mol. The van der Waals surface area contributed by atoms with Gasteiger partial charge in [0.05, 0.1) is 25.9 Å². The summed E-state index contributed by atoms with van der Waals surface area (Å²) in [4.78, 5) is 0. The van der Waals surface area contributed by atoms with E-state index in [1.54, 1.807) is 0 Å². The molecule has 0 bridgehead atoms. The Morgan fingerprint density at radius 2 is 1.18 bits per heavy atom. The van der Waals surface area contributed by atoms with E-state index >= 15 is 0 Å². The fraction of sp³-hybridized carbons (Fsp3) is 1.00. The number of methoxy groups -OCH3 is 2. The minimum absolute atomic E-state index is 0.0579. The number of rotatable bonds is 8. The van der Waals surface area contributed by atoms with Gasteiger partial charge >= 0.3 is 0 Å². The minimum Gasteiger partial charge on any atom is -0.384 e. The highest BCUT2D eigenvalue weighted by molar-refractivity contribution is 4.90. The molecule has 0 heterocycles. The number of hydrogen-bond donors (Lipinski definition) is 0. The van der Waals surface area contributed by atoms with Gasteiger partial charge in [0.1, 0.15) is 0 Å². The summed E-state index contributed by atoms with van der Waals surface area (Å²) in [6.07, 6.45) is 15.1. The van der Waals surface area contributed by atoms with Gasteiger partial charge in [0, 0.05) is 19.6 Å². The molecule has 2 rings (SSSR count). The molecule has 2 saturated carbocycles. The van der Waals surface area contributed by atoms with Crippen LogP contribution in [-0.4, -0.2) is 40.1 Å². The maximum absolute atomic E-state index is 6.44. The summed E-state index contributed by atoms with van der Waals surface area (Å²) in [5.74, 6) is 0.695. The van der Waals surface area contributed by atoms with Crippen molar-refractivity contribution in [2.75, 3.05) is 34.0 Å². The normalized spacial score (nSPS) is 22.6. The Bertz CT molecular complexity index is 272. The molecular weight excluding hydrogens is 276 g/mol. The molecule has 0 aromatic carbocycles. The molecule has 3 heteroatoms. The van der Waals surface area contributed by atoms with Crippen molar-refractivity contribution < 1.29 is 14.2 Å². The summed E-state index contributed by atoms with van der Waals surface area (Å²) >= 11 is 0. The lowest BCUT2D eigenvalue weighted by Crippen LogP contribution is -2.43. The Labute approximate surface area is 137 Å². The fourth-order valence-electron chi connectivity index (χ4n) is 4.46. The van der Waals surface area contributed by atoms with Gasteiger partial charge in [-0.05, 0) is 31.6 Å². The molecular formula is C19H36O3. The van der Waals surface area contributed by atoms with Gasteiger partial charge in [0.2, 0.25) is 0 Å². The summed E-state index contributed by atoms with van der Waals surface area (Å²) in [7, 11) is 3.63. The Balaban J connectivity index is 1.94. The lowest BCUT2D eigenvalue weighted by Gasteiger charge is -2.39. The molecule has 0 radical (unpaired) electrons. The molecule has 0 aromatic heterocycles. The zero-order valence-corrected chi connectivity index (χ0v) is 14.8. The van der Waals surface area contributed by atoms with Crippen LogP contribution in [0.25, 0.3) is 0 Å². The third-order valence-electron chi connectivity index (χ3n) is 5.74. The summed E-state index contributed by atoms with van der Waals surface area (Å²) < 4.78 is 17.6. The summed E-state index contributed by atoms with van der Waals surface area (Å²) in [6.45, 7) is 2.33. The van der Waals surface area contributed by atoms with Crippen LogP contribution in [0.2, 0.25) is 0 Å². The van der Waals surface area contributed by atoms with E-state index < -0.39 is 0 Å².